The van der Waals surface area contributed by atoms with Crippen molar-refractivity contribution in [2.45, 2.75) is 39.3 Å². The first kappa shape index (κ1) is 14.7. The van der Waals surface area contributed by atoms with Crippen molar-refractivity contribution >= 4 is 34.7 Å². The molecule has 0 radical (unpaired) electrons. The van der Waals surface area contributed by atoms with E-state index < -0.39 is 34.7 Å². The molecule has 0 bridgehead atoms. The van der Waals surface area contributed by atoms with E-state index in [2.05, 4.69) is 0 Å². The van der Waals surface area contributed by atoms with Gasteiger partial charge >= 0.3 is 34.7 Å². The van der Waals surface area contributed by atoms with Crippen LogP contribution < -0.4 is 0 Å². The maximum Gasteiger partial charge on any atom is 0.477 e. The van der Waals surface area contributed by atoms with E-state index in [-0.39, 0.29) is 0 Å². The van der Waals surface area contributed by atoms with Crippen LogP contribution in [0.4, 0.5) is 0 Å². The van der Waals surface area contributed by atoms with Crippen molar-refractivity contribution in [3.63, 3.8) is 0 Å². The third kappa shape index (κ3) is 4.48. The molecule has 0 aromatic rings. The highest BCUT2D eigenvalue weighted by molar-refractivity contribution is 6.89. The fourth-order valence-electron chi connectivity index (χ4n) is 1.91. The molecule has 0 aromatic carbocycles. The maximum absolute atomic E-state index is 10.1. The molecule has 0 aliphatic carbocycles. The van der Waals surface area contributed by atoms with Crippen molar-refractivity contribution in [1.82, 2.24) is 0 Å². The summed E-state index contributed by atoms with van der Waals surface area (Å²) in [7, 11) is -11.7. The van der Waals surface area contributed by atoms with Crippen molar-refractivity contribution in [3.8, 4) is 0 Å². The Kier molecular flexibility index (Phi) is 3.75. The second-order valence-electron chi connectivity index (χ2n) is 5.00. The lowest BCUT2D eigenvalue weighted by Crippen LogP contribution is -2.66. The molecule has 1 saturated heterocycles. The minimum atomic E-state index is -3.22. The summed E-state index contributed by atoms with van der Waals surface area (Å²) in [4.78, 5) is 20.1. The zero-order chi connectivity index (χ0) is 12.8. The normalized spacial score (nSPS) is 43.5. The van der Waals surface area contributed by atoms with Crippen LogP contribution in [0.15, 0.2) is 0 Å². The summed E-state index contributed by atoms with van der Waals surface area (Å²) in [5.41, 5.74) is 0. The standard InChI is InChI=1S/C6H20O6Si4/c1-13(2)9-15(5,7)11-14(3,4)12-16(6,8)10-13/h7-8H,1-6H3. The highest BCUT2D eigenvalue weighted by atomic mass is 28.5. The Bertz CT molecular complexity index is 206. The van der Waals surface area contributed by atoms with Crippen molar-refractivity contribution in [2.75, 3.05) is 0 Å². The van der Waals surface area contributed by atoms with Crippen LogP contribution in [0.2, 0.25) is 39.3 Å². The average molecular weight is 301 g/mol. The molecule has 10 heteroatoms. The molecule has 1 aliphatic rings. The van der Waals surface area contributed by atoms with E-state index in [1.807, 2.05) is 0 Å². The summed E-state index contributed by atoms with van der Waals surface area (Å²) in [6.07, 6.45) is 0. The van der Waals surface area contributed by atoms with Crippen molar-refractivity contribution in [2.24, 2.45) is 0 Å². The zero-order valence-electron chi connectivity index (χ0n) is 10.5. The van der Waals surface area contributed by atoms with E-state index in [0.717, 1.165) is 0 Å². The van der Waals surface area contributed by atoms with E-state index in [1.165, 1.54) is 0 Å². The minimum Gasteiger partial charge on any atom is -0.394 e. The Hall–Kier alpha value is 0.628. The molecule has 6 nitrogen and oxygen atoms in total. The largest absolute Gasteiger partial charge is 0.477 e. The van der Waals surface area contributed by atoms with Gasteiger partial charge in [0, 0.05) is 13.1 Å². The summed E-state index contributed by atoms with van der Waals surface area (Å²) in [5.74, 6) is 0. The number of hydrogen-bond donors (Lipinski definition) is 2. The molecule has 0 amide bonds. The highest BCUT2D eigenvalue weighted by Crippen LogP contribution is 2.27. The summed E-state index contributed by atoms with van der Waals surface area (Å²) in [6.45, 7) is 10.1. The van der Waals surface area contributed by atoms with Gasteiger partial charge in [-0.3, -0.25) is 0 Å². The van der Waals surface area contributed by atoms with Gasteiger partial charge in [0.25, 0.3) is 0 Å². The van der Waals surface area contributed by atoms with Crippen molar-refractivity contribution < 1.29 is 26.1 Å². The lowest BCUT2D eigenvalue weighted by Gasteiger charge is -2.43. The Labute approximate surface area is 100 Å². The fourth-order valence-corrected chi connectivity index (χ4v) is 18.7. The van der Waals surface area contributed by atoms with E-state index in [4.69, 9.17) is 16.5 Å². The molecular formula is C6H20O6Si4. The fraction of sp³-hybridized carbons (Fsp3) is 1.00. The van der Waals surface area contributed by atoms with E-state index in [0.29, 0.717) is 0 Å². The van der Waals surface area contributed by atoms with Crippen LogP contribution in [-0.4, -0.2) is 44.3 Å². The van der Waals surface area contributed by atoms with Gasteiger partial charge in [0.2, 0.25) is 0 Å². The van der Waals surface area contributed by atoms with Crippen LogP contribution in [0.25, 0.3) is 0 Å². The second kappa shape index (κ2) is 4.08. The first-order chi connectivity index (χ1) is 6.83. The average Bonchev–Trinajstić information content (AvgIpc) is 1.67. The maximum atomic E-state index is 10.1. The van der Waals surface area contributed by atoms with Crippen LogP contribution >= 0.6 is 0 Å². The molecule has 1 aliphatic heterocycles. The van der Waals surface area contributed by atoms with Crippen molar-refractivity contribution in [1.29, 1.82) is 0 Å². The van der Waals surface area contributed by atoms with E-state index in [1.54, 1.807) is 39.3 Å². The molecule has 0 atom stereocenters. The van der Waals surface area contributed by atoms with Crippen LogP contribution in [0.1, 0.15) is 0 Å². The van der Waals surface area contributed by atoms with E-state index in [9.17, 15) is 9.59 Å². The molecule has 0 spiro atoms. The Balaban J connectivity index is 2.98. The van der Waals surface area contributed by atoms with Gasteiger partial charge in [0.15, 0.2) is 0 Å². The molecule has 2 N–H and O–H groups in total. The second-order valence-corrected chi connectivity index (χ2v) is 17.5. The Morgan fingerprint density at radius 2 is 0.750 bits per heavy atom. The molecule has 96 valence electrons. The molecule has 1 rings (SSSR count). The minimum absolute atomic E-state index is 1.55. The predicted molar refractivity (Wildman–Crippen MR) is 67.0 cm³/mol. The molecule has 16 heavy (non-hydrogen) atoms. The van der Waals surface area contributed by atoms with Gasteiger partial charge in [-0.25, -0.2) is 0 Å². The Morgan fingerprint density at radius 3 is 0.938 bits per heavy atom. The molecule has 1 fully saturated rings. The van der Waals surface area contributed by atoms with Crippen molar-refractivity contribution in [3.05, 3.63) is 0 Å². The van der Waals surface area contributed by atoms with Crippen LogP contribution in [0.3, 0.4) is 0 Å². The van der Waals surface area contributed by atoms with Crippen LogP contribution in [-0.2, 0) is 16.5 Å². The summed E-state index contributed by atoms with van der Waals surface area (Å²) in [6, 6.07) is 0. The van der Waals surface area contributed by atoms with Gasteiger partial charge in [0.1, 0.15) is 0 Å². The topological polar surface area (TPSA) is 77.4 Å². The molecular weight excluding hydrogens is 280 g/mol. The van der Waals surface area contributed by atoms with Gasteiger partial charge in [-0.2, -0.15) is 0 Å². The Morgan fingerprint density at radius 1 is 0.562 bits per heavy atom. The summed E-state index contributed by atoms with van der Waals surface area (Å²) < 4.78 is 22.2. The van der Waals surface area contributed by atoms with Gasteiger partial charge in [-0.15, -0.1) is 0 Å². The monoisotopic (exact) mass is 300 g/mol. The first-order valence-corrected chi connectivity index (χ1v) is 15.2. The molecule has 0 unspecified atom stereocenters. The van der Waals surface area contributed by atoms with Gasteiger partial charge in [-0.05, 0) is 26.2 Å². The summed E-state index contributed by atoms with van der Waals surface area (Å²) in [5, 5.41) is 0. The van der Waals surface area contributed by atoms with Crippen LogP contribution in [0.5, 0.6) is 0 Å². The molecule has 0 saturated carbocycles. The number of rotatable bonds is 0. The van der Waals surface area contributed by atoms with Gasteiger partial charge in [-0.1, -0.05) is 0 Å². The SMILES string of the molecule is C[Si]1(C)O[Si](C)(O)O[Si](C)(C)O[Si](C)(O)O1. The summed E-state index contributed by atoms with van der Waals surface area (Å²) >= 11 is 0. The third-order valence-corrected chi connectivity index (χ3v) is 15.7. The van der Waals surface area contributed by atoms with Crippen LogP contribution in [0, 0.1) is 0 Å². The van der Waals surface area contributed by atoms with E-state index >= 15 is 0 Å². The highest BCUT2D eigenvalue weighted by Gasteiger charge is 2.54. The third-order valence-electron chi connectivity index (χ3n) is 1.74. The quantitative estimate of drug-likeness (QED) is 0.638. The molecule has 0 aromatic heterocycles. The van der Waals surface area contributed by atoms with Gasteiger partial charge in [0.05, 0.1) is 0 Å². The lowest BCUT2D eigenvalue weighted by atomic mass is 11.9. The predicted octanol–water partition coefficient (Wildman–Crippen LogP) is 0.592. The zero-order valence-corrected chi connectivity index (χ0v) is 14.5. The first-order valence-electron chi connectivity index (χ1n) is 5.08. The van der Waals surface area contributed by atoms with Gasteiger partial charge < -0.3 is 26.1 Å². The number of hydrogen-bond acceptors (Lipinski definition) is 6. The smallest absolute Gasteiger partial charge is 0.394 e. The molecule has 1 heterocycles. The lowest BCUT2D eigenvalue weighted by molar-refractivity contribution is 0.144.